The molecule has 1 heterocycles. The smallest absolute Gasteiger partial charge is 0.320 e. The van der Waals surface area contributed by atoms with Gasteiger partial charge in [0, 0.05) is 37.4 Å². The van der Waals surface area contributed by atoms with Crippen LogP contribution in [-0.2, 0) is 9.84 Å². The maximum Gasteiger partial charge on any atom is 0.320 e. The molecule has 0 aromatic heterocycles. The van der Waals surface area contributed by atoms with E-state index in [-0.39, 0.29) is 11.8 Å². The highest BCUT2D eigenvalue weighted by Gasteiger charge is 2.36. The molecular formula is C10H20N2O3S2. The SMILES string of the molecule is CCN(C)C(=O)N1CCSCC1S(=O)(=O)CC. The van der Waals surface area contributed by atoms with E-state index in [1.54, 1.807) is 30.6 Å². The molecular weight excluding hydrogens is 260 g/mol. The highest BCUT2D eigenvalue weighted by atomic mass is 32.2. The summed E-state index contributed by atoms with van der Waals surface area (Å²) < 4.78 is 23.9. The molecule has 100 valence electrons. The van der Waals surface area contributed by atoms with Crippen molar-refractivity contribution in [1.29, 1.82) is 0 Å². The van der Waals surface area contributed by atoms with Gasteiger partial charge in [-0.25, -0.2) is 13.2 Å². The first kappa shape index (κ1) is 14.6. The van der Waals surface area contributed by atoms with Crippen molar-refractivity contribution in [1.82, 2.24) is 9.80 Å². The Bertz CT molecular complexity index is 370. The van der Waals surface area contributed by atoms with Crippen molar-refractivity contribution in [2.45, 2.75) is 19.2 Å². The van der Waals surface area contributed by atoms with Gasteiger partial charge < -0.3 is 9.80 Å². The Morgan fingerprint density at radius 1 is 1.47 bits per heavy atom. The standard InChI is InChI=1S/C10H20N2O3S2/c1-4-11(3)10(13)12-6-7-16-8-9(12)17(14,15)5-2/h9H,4-8H2,1-3H3. The topological polar surface area (TPSA) is 57.7 Å². The van der Waals surface area contributed by atoms with Crippen molar-refractivity contribution < 1.29 is 13.2 Å². The summed E-state index contributed by atoms with van der Waals surface area (Å²) in [5.41, 5.74) is 0. The minimum absolute atomic E-state index is 0.0812. The molecule has 0 spiro atoms. The molecule has 1 rings (SSSR count). The van der Waals surface area contributed by atoms with E-state index in [2.05, 4.69) is 0 Å². The second-order valence-electron chi connectivity index (χ2n) is 3.97. The van der Waals surface area contributed by atoms with Crippen LogP contribution in [0.1, 0.15) is 13.8 Å². The second-order valence-corrected chi connectivity index (χ2v) is 7.57. The number of hydrogen-bond acceptors (Lipinski definition) is 4. The van der Waals surface area contributed by atoms with Crippen LogP contribution in [0.15, 0.2) is 0 Å². The van der Waals surface area contributed by atoms with E-state index in [0.29, 0.717) is 18.8 Å². The number of hydrogen-bond donors (Lipinski definition) is 0. The third kappa shape index (κ3) is 3.28. The molecule has 1 unspecified atom stereocenters. The zero-order valence-corrected chi connectivity index (χ0v) is 12.2. The van der Waals surface area contributed by atoms with Gasteiger partial charge in [-0.15, -0.1) is 0 Å². The van der Waals surface area contributed by atoms with Crippen molar-refractivity contribution in [2.75, 3.05) is 37.4 Å². The van der Waals surface area contributed by atoms with Crippen LogP contribution in [0.5, 0.6) is 0 Å². The minimum atomic E-state index is -3.20. The highest BCUT2D eigenvalue weighted by molar-refractivity contribution is 8.01. The summed E-state index contributed by atoms with van der Waals surface area (Å²) in [4.78, 5) is 15.1. The maximum absolute atomic E-state index is 12.1. The zero-order chi connectivity index (χ0) is 13.1. The van der Waals surface area contributed by atoms with Gasteiger partial charge in [-0.2, -0.15) is 11.8 Å². The highest BCUT2D eigenvalue weighted by Crippen LogP contribution is 2.22. The van der Waals surface area contributed by atoms with Gasteiger partial charge in [-0.3, -0.25) is 0 Å². The molecule has 1 aliphatic rings. The van der Waals surface area contributed by atoms with Crippen LogP contribution in [0.2, 0.25) is 0 Å². The molecule has 0 aromatic rings. The van der Waals surface area contributed by atoms with E-state index in [0.717, 1.165) is 5.75 Å². The number of amides is 2. The summed E-state index contributed by atoms with van der Waals surface area (Å²) in [5.74, 6) is 1.37. The predicted molar refractivity (Wildman–Crippen MR) is 71.0 cm³/mol. The molecule has 1 aliphatic heterocycles. The van der Waals surface area contributed by atoms with Gasteiger partial charge in [0.15, 0.2) is 9.84 Å². The lowest BCUT2D eigenvalue weighted by Gasteiger charge is -2.36. The maximum atomic E-state index is 12.1. The summed E-state index contributed by atoms with van der Waals surface area (Å²) in [6, 6.07) is -0.185. The van der Waals surface area contributed by atoms with Crippen LogP contribution in [0.4, 0.5) is 4.79 Å². The average Bonchev–Trinajstić information content (AvgIpc) is 2.36. The minimum Gasteiger partial charge on any atom is -0.328 e. The number of urea groups is 1. The Balaban J connectivity index is 2.91. The Kier molecular flexibility index (Phi) is 5.12. The zero-order valence-electron chi connectivity index (χ0n) is 10.5. The second kappa shape index (κ2) is 5.95. The first-order valence-electron chi connectivity index (χ1n) is 5.75. The molecule has 1 atom stereocenters. The fourth-order valence-corrected chi connectivity index (χ4v) is 4.60. The van der Waals surface area contributed by atoms with E-state index < -0.39 is 15.2 Å². The van der Waals surface area contributed by atoms with Gasteiger partial charge in [0.05, 0.1) is 0 Å². The molecule has 7 heteroatoms. The van der Waals surface area contributed by atoms with Crippen molar-refractivity contribution in [3.05, 3.63) is 0 Å². The van der Waals surface area contributed by atoms with Crippen LogP contribution in [-0.4, -0.2) is 67.0 Å². The lowest BCUT2D eigenvalue weighted by molar-refractivity contribution is 0.163. The predicted octanol–water partition coefficient (Wildman–Crippen LogP) is 0.868. The lowest BCUT2D eigenvalue weighted by atomic mass is 10.5. The molecule has 1 saturated heterocycles. The van der Waals surface area contributed by atoms with Crippen LogP contribution in [0, 0.1) is 0 Å². The number of carbonyl (C=O) groups excluding carboxylic acids is 1. The van der Waals surface area contributed by atoms with E-state index in [9.17, 15) is 13.2 Å². The summed E-state index contributed by atoms with van der Waals surface area (Å²) in [5, 5.41) is -0.659. The lowest BCUT2D eigenvalue weighted by Crippen LogP contribution is -2.54. The van der Waals surface area contributed by atoms with Crippen LogP contribution >= 0.6 is 11.8 Å². The number of thioether (sulfide) groups is 1. The summed E-state index contributed by atoms with van der Waals surface area (Å²) >= 11 is 1.59. The van der Waals surface area contributed by atoms with Crippen LogP contribution in [0.3, 0.4) is 0 Å². The third-order valence-electron chi connectivity index (χ3n) is 2.95. The number of sulfone groups is 1. The fraction of sp³-hybridized carbons (Fsp3) is 0.900. The molecule has 1 fully saturated rings. The summed E-state index contributed by atoms with van der Waals surface area (Å²) in [6.45, 7) is 4.60. The van der Waals surface area contributed by atoms with Crippen molar-refractivity contribution in [2.24, 2.45) is 0 Å². The normalized spacial score (nSPS) is 21.4. The first-order chi connectivity index (χ1) is 7.94. The van der Waals surface area contributed by atoms with Crippen molar-refractivity contribution in [3.63, 3.8) is 0 Å². The van der Waals surface area contributed by atoms with Gasteiger partial charge >= 0.3 is 6.03 Å². The van der Waals surface area contributed by atoms with E-state index >= 15 is 0 Å². The van der Waals surface area contributed by atoms with Crippen molar-refractivity contribution in [3.8, 4) is 0 Å². The number of nitrogens with zero attached hydrogens (tertiary/aromatic N) is 2. The quantitative estimate of drug-likeness (QED) is 0.769. The molecule has 2 amide bonds. The molecule has 0 bridgehead atoms. The van der Waals surface area contributed by atoms with E-state index in [1.165, 1.54) is 4.90 Å². The molecule has 0 aromatic carbocycles. The number of carbonyl (C=O) groups is 1. The van der Waals surface area contributed by atoms with Gasteiger partial charge in [0.25, 0.3) is 0 Å². The summed E-state index contributed by atoms with van der Waals surface area (Å²) in [6.07, 6.45) is 0. The van der Waals surface area contributed by atoms with E-state index in [4.69, 9.17) is 0 Å². The van der Waals surface area contributed by atoms with E-state index in [1.807, 2.05) is 6.92 Å². The van der Waals surface area contributed by atoms with Crippen LogP contribution < -0.4 is 0 Å². The van der Waals surface area contributed by atoms with Gasteiger partial charge in [0.2, 0.25) is 0 Å². The third-order valence-corrected chi connectivity index (χ3v) is 6.24. The van der Waals surface area contributed by atoms with Gasteiger partial charge in [-0.1, -0.05) is 6.92 Å². The Labute approximate surface area is 107 Å². The molecule has 0 N–H and O–H groups in total. The largest absolute Gasteiger partial charge is 0.328 e. The molecule has 5 nitrogen and oxygen atoms in total. The first-order valence-corrected chi connectivity index (χ1v) is 8.62. The van der Waals surface area contributed by atoms with Crippen molar-refractivity contribution >= 4 is 27.6 Å². The Morgan fingerprint density at radius 2 is 2.12 bits per heavy atom. The molecule has 17 heavy (non-hydrogen) atoms. The molecule has 0 saturated carbocycles. The Hall–Kier alpha value is -0.430. The molecule has 0 aliphatic carbocycles. The van der Waals surface area contributed by atoms with Gasteiger partial charge in [-0.05, 0) is 6.92 Å². The number of rotatable bonds is 3. The molecule has 0 radical (unpaired) electrons. The summed E-state index contributed by atoms with van der Waals surface area (Å²) in [7, 11) is -1.51. The Morgan fingerprint density at radius 3 is 2.65 bits per heavy atom. The van der Waals surface area contributed by atoms with Crippen LogP contribution in [0.25, 0.3) is 0 Å². The fourth-order valence-electron chi connectivity index (χ4n) is 1.64. The van der Waals surface area contributed by atoms with Gasteiger partial charge in [0.1, 0.15) is 5.37 Å². The average molecular weight is 280 g/mol. The monoisotopic (exact) mass is 280 g/mol.